The Morgan fingerprint density at radius 3 is 2.50 bits per heavy atom. The first-order valence-corrected chi connectivity index (χ1v) is 7.09. The molecule has 0 amide bonds. The van der Waals surface area contributed by atoms with E-state index in [1.54, 1.807) is 6.92 Å². The minimum atomic E-state index is -3.76. The van der Waals surface area contributed by atoms with Crippen LogP contribution in [0.1, 0.15) is 11.1 Å². The largest absolute Gasteiger partial charge is 0.504 e. The molecule has 1 aromatic rings. The molecule has 0 unspecified atom stereocenters. The summed E-state index contributed by atoms with van der Waals surface area (Å²) < 4.78 is 26.8. The predicted molar refractivity (Wildman–Crippen MR) is 62.9 cm³/mol. The van der Waals surface area contributed by atoms with E-state index in [9.17, 15) is 13.5 Å². The quantitative estimate of drug-likeness (QED) is 0.866. The summed E-state index contributed by atoms with van der Waals surface area (Å²) in [5.74, 6) is -0.604. The third kappa shape index (κ3) is 2.93. The summed E-state index contributed by atoms with van der Waals surface area (Å²) in [5.41, 5.74) is 0.653. The molecule has 0 fully saturated rings. The van der Waals surface area contributed by atoms with E-state index in [2.05, 4.69) is 0 Å². The monoisotopic (exact) mass is 284 g/mol. The van der Waals surface area contributed by atoms with Crippen LogP contribution in [-0.2, 0) is 14.8 Å². The summed E-state index contributed by atoms with van der Waals surface area (Å²) in [4.78, 5) is 0. The van der Waals surface area contributed by atoms with Crippen molar-refractivity contribution in [3.63, 3.8) is 0 Å². The first-order valence-electron chi connectivity index (χ1n) is 4.23. The van der Waals surface area contributed by atoms with Crippen LogP contribution in [0, 0.1) is 6.92 Å². The lowest BCUT2D eigenvalue weighted by molar-refractivity contribution is 0.369. The zero-order valence-electron chi connectivity index (χ0n) is 8.62. The molecule has 0 aliphatic heterocycles. The van der Waals surface area contributed by atoms with Crippen LogP contribution in [0.25, 0.3) is 0 Å². The Labute approximate surface area is 103 Å². The van der Waals surface area contributed by atoms with Gasteiger partial charge in [0.05, 0.1) is 12.9 Å². The third-order valence-electron chi connectivity index (χ3n) is 2.05. The third-order valence-corrected chi connectivity index (χ3v) is 3.43. The Kier molecular flexibility index (Phi) is 3.93. The van der Waals surface area contributed by atoms with E-state index in [1.165, 1.54) is 13.2 Å². The molecule has 1 N–H and O–H groups in total. The van der Waals surface area contributed by atoms with E-state index in [0.29, 0.717) is 10.6 Å². The van der Waals surface area contributed by atoms with Crippen LogP contribution in [-0.4, -0.2) is 20.6 Å². The molecule has 90 valence electrons. The van der Waals surface area contributed by atoms with E-state index in [4.69, 9.17) is 27.0 Å². The van der Waals surface area contributed by atoms with Gasteiger partial charge in [-0.05, 0) is 13.0 Å². The summed E-state index contributed by atoms with van der Waals surface area (Å²) in [6, 6.07) is 1.36. The standard InChI is InChI=1S/C9H10Cl2O4S/c1-5-7(10)3-6(4-16(11,13)14)8(12)9(5)15-2/h3,12H,4H2,1-2H3. The van der Waals surface area contributed by atoms with Crippen molar-refractivity contribution in [1.82, 2.24) is 0 Å². The molecule has 0 heterocycles. The fourth-order valence-corrected chi connectivity index (χ4v) is 2.47. The highest BCUT2D eigenvalue weighted by Crippen LogP contribution is 2.38. The van der Waals surface area contributed by atoms with Gasteiger partial charge in [-0.3, -0.25) is 0 Å². The summed E-state index contributed by atoms with van der Waals surface area (Å²) in [7, 11) is 2.71. The smallest absolute Gasteiger partial charge is 0.236 e. The lowest BCUT2D eigenvalue weighted by atomic mass is 10.1. The second-order valence-electron chi connectivity index (χ2n) is 3.21. The molecule has 0 radical (unpaired) electrons. The van der Waals surface area contributed by atoms with Gasteiger partial charge in [0, 0.05) is 26.8 Å². The SMILES string of the molecule is COc1c(C)c(Cl)cc(CS(=O)(=O)Cl)c1O. The molecule has 0 aliphatic rings. The number of hydrogen-bond acceptors (Lipinski definition) is 4. The molecule has 7 heteroatoms. The van der Waals surface area contributed by atoms with E-state index >= 15 is 0 Å². The van der Waals surface area contributed by atoms with Gasteiger partial charge >= 0.3 is 0 Å². The number of phenolic OH excluding ortho intramolecular Hbond substituents is 1. The zero-order chi connectivity index (χ0) is 12.5. The molecule has 1 aromatic carbocycles. The van der Waals surface area contributed by atoms with Crippen LogP contribution in [0.5, 0.6) is 11.5 Å². The summed E-state index contributed by atoms with van der Waals surface area (Å²) >= 11 is 5.87. The average Bonchev–Trinajstić information content (AvgIpc) is 2.13. The number of phenols is 1. The first kappa shape index (κ1) is 13.4. The number of rotatable bonds is 3. The first-order chi connectivity index (χ1) is 7.26. The van der Waals surface area contributed by atoms with Crippen LogP contribution in [0.2, 0.25) is 5.02 Å². The molecule has 0 atom stereocenters. The second-order valence-corrected chi connectivity index (χ2v) is 6.39. The van der Waals surface area contributed by atoms with Crippen molar-refractivity contribution in [1.29, 1.82) is 0 Å². The van der Waals surface area contributed by atoms with Gasteiger partial charge in [-0.25, -0.2) is 8.42 Å². The van der Waals surface area contributed by atoms with Crippen LogP contribution in [0.15, 0.2) is 6.07 Å². The number of halogens is 2. The Bertz CT molecular complexity index is 511. The molecule has 0 saturated carbocycles. The fraction of sp³-hybridized carbons (Fsp3) is 0.333. The molecule has 16 heavy (non-hydrogen) atoms. The van der Waals surface area contributed by atoms with Gasteiger partial charge in [0.15, 0.2) is 11.5 Å². The Morgan fingerprint density at radius 1 is 1.50 bits per heavy atom. The fourth-order valence-electron chi connectivity index (χ4n) is 1.31. The molecular weight excluding hydrogens is 275 g/mol. The maximum atomic E-state index is 10.9. The maximum absolute atomic E-state index is 10.9. The zero-order valence-corrected chi connectivity index (χ0v) is 10.9. The number of aromatic hydroxyl groups is 1. The predicted octanol–water partition coefficient (Wildman–Crippen LogP) is 2.43. The van der Waals surface area contributed by atoms with Gasteiger partial charge in [-0.15, -0.1) is 0 Å². The van der Waals surface area contributed by atoms with Gasteiger partial charge in [0.2, 0.25) is 9.05 Å². The molecule has 0 aliphatic carbocycles. The lowest BCUT2D eigenvalue weighted by Gasteiger charge is -2.12. The van der Waals surface area contributed by atoms with Crippen molar-refractivity contribution in [3.8, 4) is 11.5 Å². The van der Waals surface area contributed by atoms with Crippen LogP contribution in [0.3, 0.4) is 0 Å². The van der Waals surface area contributed by atoms with Crippen LogP contribution in [0.4, 0.5) is 0 Å². The Hall–Kier alpha value is -0.650. The van der Waals surface area contributed by atoms with Crippen molar-refractivity contribution in [2.24, 2.45) is 0 Å². The highest BCUT2D eigenvalue weighted by atomic mass is 35.7. The van der Waals surface area contributed by atoms with Gasteiger partial charge in [0.1, 0.15) is 0 Å². The number of benzene rings is 1. The van der Waals surface area contributed by atoms with E-state index in [-0.39, 0.29) is 17.1 Å². The molecule has 4 nitrogen and oxygen atoms in total. The van der Waals surface area contributed by atoms with Crippen LogP contribution < -0.4 is 4.74 Å². The molecule has 0 aromatic heterocycles. The number of ether oxygens (including phenoxy) is 1. The lowest BCUT2D eigenvalue weighted by Crippen LogP contribution is -1.99. The normalized spacial score (nSPS) is 11.5. The Morgan fingerprint density at radius 2 is 2.06 bits per heavy atom. The number of hydrogen-bond donors (Lipinski definition) is 1. The molecule has 0 bridgehead atoms. The summed E-state index contributed by atoms with van der Waals surface area (Å²) in [5, 5.41) is 10.1. The van der Waals surface area contributed by atoms with Gasteiger partial charge in [0.25, 0.3) is 0 Å². The number of methoxy groups -OCH3 is 1. The highest BCUT2D eigenvalue weighted by Gasteiger charge is 2.18. The molecule has 0 saturated heterocycles. The van der Waals surface area contributed by atoms with Crippen molar-refractivity contribution in [2.75, 3.05) is 7.11 Å². The molecule has 1 rings (SSSR count). The second kappa shape index (κ2) is 4.69. The van der Waals surface area contributed by atoms with Gasteiger partial charge < -0.3 is 9.84 Å². The molecular formula is C9H10Cl2O4S. The van der Waals surface area contributed by atoms with E-state index in [0.717, 1.165) is 0 Å². The van der Waals surface area contributed by atoms with Crippen molar-refractivity contribution < 1.29 is 18.3 Å². The van der Waals surface area contributed by atoms with Crippen LogP contribution >= 0.6 is 22.3 Å². The van der Waals surface area contributed by atoms with E-state index in [1.807, 2.05) is 0 Å². The van der Waals surface area contributed by atoms with Gasteiger partial charge in [-0.1, -0.05) is 11.6 Å². The molecule has 0 spiro atoms. The van der Waals surface area contributed by atoms with Crippen molar-refractivity contribution in [2.45, 2.75) is 12.7 Å². The summed E-state index contributed by atoms with van der Waals surface area (Å²) in [6.07, 6.45) is 0. The van der Waals surface area contributed by atoms with Crippen molar-refractivity contribution >= 4 is 31.3 Å². The Balaban J connectivity index is 3.37. The highest BCUT2D eigenvalue weighted by molar-refractivity contribution is 8.13. The average molecular weight is 285 g/mol. The van der Waals surface area contributed by atoms with Crippen molar-refractivity contribution in [3.05, 3.63) is 22.2 Å². The minimum Gasteiger partial charge on any atom is -0.504 e. The topological polar surface area (TPSA) is 63.6 Å². The summed E-state index contributed by atoms with van der Waals surface area (Å²) in [6.45, 7) is 1.65. The minimum absolute atomic E-state index is 0.113. The maximum Gasteiger partial charge on any atom is 0.236 e. The van der Waals surface area contributed by atoms with Gasteiger partial charge in [-0.2, -0.15) is 0 Å². The van der Waals surface area contributed by atoms with E-state index < -0.39 is 14.8 Å².